The molecule has 0 saturated heterocycles. The van der Waals surface area contributed by atoms with Gasteiger partial charge in [-0.1, -0.05) is 30.2 Å². The Morgan fingerprint density at radius 3 is 2.66 bits per heavy atom. The molecule has 8 heteroatoms. The van der Waals surface area contributed by atoms with E-state index >= 15 is 0 Å². The summed E-state index contributed by atoms with van der Waals surface area (Å²) in [6.07, 6.45) is 10.6. The smallest absolute Gasteiger partial charge is 0.268 e. The highest BCUT2D eigenvalue weighted by Gasteiger charge is 2.35. The number of hydrogen-bond acceptors (Lipinski definition) is 6. The van der Waals surface area contributed by atoms with Crippen LogP contribution in [0.15, 0.2) is 62.7 Å². The highest BCUT2D eigenvalue weighted by atomic mass is 32.2. The maximum Gasteiger partial charge on any atom is 0.268 e. The maximum atomic E-state index is 13.3. The second kappa shape index (κ2) is 8.93. The summed E-state index contributed by atoms with van der Waals surface area (Å²) < 4.78 is 32.8. The molecule has 178 valence electrons. The predicted molar refractivity (Wildman–Crippen MR) is 137 cm³/mol. The van der Waals surface area contributed by atoms with E-state index in [4.69, 9.17) is 10.8 Å². The number of benzene rings is 2. The number of nitrogens with one attached hydrogen (secondary N) is 2. The summed E-state index contributed by atoms with van der Waals surface area (Å²) in [4.78, 5) is 25.6. The van der Waals surface area contributed by atoms with Crippen molar-refractivity contribution in [1.29, 1.82) is 0 Å². The Labute approximate surface area is 203 Å². The van der Waals surface area contributed by atoms with E-state index in [-0.39, 0.29) is 15.9 Å². The highest BCUT2D eigenvalue weighted by molar-refractivity contribution is 7.90. The molecule has 0 radical (unpaired) electrons. The summed E-state index contributed by atoms with van der Waals surface area (Å²) >= 11 is 0. The van der Waals surface area contributed by atoms with Crippen molar-refractivity contribution in [2.45, 2.75) is 38.6 Å². The lowest BCUT2D eigenvalue weighted by molar-refractivity contribution is 0.0986. The largest absolute Gasteiger partial charge is 0.455 e. The molecule has 2 N–H and O–H groups in total. The van der Waals surface area contributed by atoms with E-state index in [2.05, 4.69) is 11.2 Å². The van der Waals surface area contributed by atoms with Crippen LogP contribution in [0.3, 0.4) is 0 Å². The number of anilines is 1. The van der Waals surface area contributed by atoms with Crippen LogP contribution in [0, 0.1) is 26.2 Å². The van der Waals surface area contributed by atoms with Crippen LogP contribution in [0.5, 0.6) is 0 Å². The van der Waals surface area contributed by atoms with Gasteiger partial charge < -0.3 is 9.73 Å². The van der Waals surface area contributed by atoms with Gasteiger partial charge in [0.2, 0.25) is 0 Å². The Morgan fingerprint density at radius 2 is 1.97 bits per heavy atom. The SMILES string of the molecule is C#C/C=C(\C=C/C)c1oc2c([C@@H](C)Nc3cccc4c3C(=O)NS4(=O)=O)cc(C)cc2c(=O)c1C. The van der Waals surface area contributed by atoms with Gasteiger partial charge in [0.1, 0.15) is 16.2 Å². The molecule has 0 aliphatic carbocycles. The van der Waals surface area contributed by atoms with Gasteiger partial charge in [-0.2, -0.15) is 0 Å². The van der Waals surface area contributed by atoms with Crippen LogP contribution in [0.2, 0.25) is 0 Å². The number of sulfonamides is 1. The van der Waals surface area contributed by atoms with Crippen LogP contribution >= 0.6 is 0 Å². The number of allylic oxidation sites excluding steroid dienone is 4. The van der Waals surface area contributed by atoms with Gasteiger partial charge >= 0.3 is 0 Å². The quantitative estimate of drug-likeness (QED) is 0.401. The first-order valence-electron chi connectivity index (χ1n) is 10.9. The van der Waals surface area contributed by atoms with Crippen molar-refractivity contribution < 1.29 is 17.6 Å². The summed E-state index contributed by atoms with van der Waals surface area (Å²) in [6.45, 7) is 7.26. The average molecular weight is 489 g/mol. The Kier molecular flexibility index (Phi) is 6.14. The second-order valence-electron chi connectivity index (χ2n) is 8.36. The normalized spacial score (nSPS) is 15.6. The van der Waals surface area contributed by atoms with E-state index in [1.54, 1.807) is 37.3 Å². The molecule has 7 nitrogen and oxygen atoms in total. The molecule has 0 saturated carbocycles. The first kappa shape index (κ1) is 24.0. The van der Waals surface area contributed by atoms with Gasteiger partial charge in [-0.25, -0.2) is 13.1 Å². The van der Waals surface area contributed by atoms with Crippen LogP contribution < -0.4 is 15.5 Å². The third-order valence-corrected chi connectivity index (χ3v) is 7.22. The number of rotatable bonds is 5. The van der Waals surface area contributed by atoms with Crippen molar-refractivity contribution >= 4 is 38.2 Å². The first-order chi connectivity index (χ1) is 16.6. The Bertz CT molecular complexity index is 1650. The number of carbonyl (C=O) groups is 1. The topological polar surface area (TPSA) is 105 Å². The second-order valence-corrected chi connectivity index (χ2v) is 10.0. The summed E-state index contributed by atoms with van der Waals surface area (Å²) in [5, 5.41) is 3.66. The molecule has 0 bridgehead atoms. The van der Waals surface area contributed by atoms with E-state index < -0.39 is 22.0 Å². The molecular weight excluding hydrogens is 464 g/mol. The van der Waals surface area contributed by atoms with Gasteiger partial charge in [-0.3, -0.25) is 9.59 Å². The fourth-order valence-electron chi connectivity index (χ4n) is 4.27. The zero-order chi connectivity index (χ0) is 25.5. The molecule has 3 aromatic rings. The minimum absolute atomic E-state index is 0.0571. The van der Waals surface area contributed by atoms with Crippen molar-refractivity contribution in [2.24, 2.45) is 0 Å². The molecule has 0 unspecified atom stereocenters. The van der Waals surface area contributed by atoms with E-state index in [1.165, 1.54) is 6.07 Å². The zero-order valence-electron chi connectivity index (χ0n) is 19.7. The van der Waals surface area contributed by atoms with Crippen molar-refractivity contribution in [3.8, 4) is 12.3 Å². The van der Waals surface area contributed by atoms with E-state index in [0.717, 1.165) is 5.56 Å². The van der Waals surface area contributed by atoms with E-state index in [1.807, 2.05) is 37.6 Å². The molecule has 0 spiro atoms. The molecule has 4 rings (SSSR count). The molecule has 1 atom stereocenters. The lowest BCUT2D eigenvalue weighted by Gasteiger charge is -2.20. The predicted octanol–water partition coefficient (Wildman–Crippen LogP) is 4.61. The van der Waals surface area contributed by atoms with Crippen molar-refractivity contribution in [3.05, 3.63) is 86.8 Å². The van der Waals surface area contributed by atoms with Crippen molar-refractivity contribution in [3.63, 3.8) is 0 Å². The third-order valence-electron chi connectivity index (χ3n) is 5.85. The monoisotopic (exact) mass is 488 g/mol. The minimum Gasteiger partial charge on any atom is -0.455 e. The van der Waals surface area contributed by atoms with Gasteiger partial charge in [0.15, 0.2) is 5.43 Å². The van der Waals surface area contributed by atoms with Gasteiger partial charge in [0.05, 0.1) is 17.0 Å². The Hall–Kier alpha value is -4.09. The summed E-state index contributed by atoms with van der Waals surface area (Å²) in [7, 11) is -3.88. The number of amides is 1. The van der Waals surface area contributed by atoms with Crippen LogP contribution in [0.25, 0.3) is 16.5 Å². The highest BCUT2D eigenvalue weighted by Crippen LogP contribution is 2.34. The summed E-state index contributed by atoms with van der Waals surface area (Å²) in [6, 6.07) is 7.81. The lowest BCUT2D eigenvalue weighted by Crippen LogP contribution is -2.21. The summed E-state index contributed by atoms with van der Waals surface area (Å²) in [5.74, 6) is 2.17. The standard InChI is InChI=1S/C27H24N2O5S/c1-6-9-18(10-7-2)25-16(4)24(30)20-14-15(3)13-19(26(20)34-25)17(5)28-21-11-8-12-22-23(21)27(31)29-35(22,32)33/h1,7-14,17,28H,2-5H3,(H,29,31)/b10-7-,18-9+/t17-/m1/s1. The molecule has 35 heavy (non-hydrogen) atoms. The first-order valence-corrected chi connectivity index (χ1v) is 12.4. The number of hydrogen-bond donors (Lipinski definition) is 2. The minimum atomic E-state index is -3.88. The fourth-order valence-corrected chi connectivity index (χ4v) is 5.46. The molecule has 2 heterocycles. The van der Waals surface area contributed by atoms with E-state index in [0.29, 0.717) is 39.1 Å². The lowest BCUT2D eigenvalue weighted by atomic mass is 9.98. The fraction of sp³-hybridized carbons (Fsp3) is 0.185. The molecule has 1 aliphatic heterocycles. The number of fused-ring (bicyclic) bond motifs is 2. The molecular formula is C27H24N2O5S. The van der Waals surface area contributed by atoms with Gasteiger partial charge in [0, 0.05) is 22.4 Å². The van der Waals surface area contributed by atoms with Crippen molar-refractivity contribution in [1.82, 2.24) is 4.72 Å². The Morgan fingerprint density at radius 1 is 1.23 bits per heavy atom. The molecule has 1 aliphatic rings. The molecule has 2 aromatic carbocycles. The number of aryl methyl sites for hydroxylation is 1. The van der Waals surface area contributed by atoms with Gasteiger partial charge in [0.25, 0.3) is 15.9 Å². The van der Waals surface area contributed by atoms with Crippen LogP contribution in [-0.2, 0) is 10.0 Å². The van der Waals surface area contributed by atoms with Crippen LogP contribution in [-0.4, -0.2) is 14.3 Å². The van der Waals surface area contributed by atoms with Crippen LogP contribution in [0.4, 0.5) is 5.69 Å². The molecule has 0 fully saturated rings. The molecule has 1 amide bonds. The van der Waals surface area contributed by atoms with Gasteiger partial charge in [-0.05, 0) is 57.5 Å². The zero-order valence-corrected chi connectivity index (χ0v) is 20.5. The maximum absolute atomic E-state index is 13.3. The number of terminal acetylenes is 1. The van der Waals surface area contributed by atoms with Crippen molar-refractivity contribution in [2.75, 3.05) is 5.32 Å². The summed E-state index contributed by atoms with van der Waals surface area (Å²) in [5.41, 5.74) is 3.21. The van der Waals surface area contributed by atoms with Gasteiger partial charge in [-0.15, -0.1) is 6.42 Å². The number of carbonyl (C=O) groups excluding carboxylic acids is 1. The van der Waals surface area contributed by atoms with Crippen LogP contribution in [0.1, 0.15) is 52.7 Å². The molecule has 1 aromatic heterocycles. The average Bonchev–Trinajstić information content (AvgIpc) is 3.05. The van der Waals surface area contributed by atoms with E-state index in [9.17, 15) is 18.0 Å². The Balaban J connectivity index is 1.90. The third kappa shape index (κ3) is 4.15.